The summed E-state index contributed by atoms with van der Waals surface area (Å²) in [5, 5.41) is 2.84. The van der Waals surface area contributed by atoms with Crippen molar-refractivity contribution in [1.82, 2.24) is 5.32 Å². The summed E-state index contributed by atoms with van der Waals surface area (Å²) in [5.74, 6) is -0.410. The maximum atomic E-state index is 12.2. The van der Waals surface area contributed by atoms with E-state index < -0.39 is 18.2 Å². The van der Waals surface area contributed by atoms with E-state index in [0.717, 1.165) is 11.1 Å². The quantitative estimate of drug-likeness (QED) is 0.640. The number of carbonyl (C=O) groups is 2. The van der Waals surface area contributed by atoms with Gasteiger partial charge < -0.3 is 14.8 Å². The fourth-order valence-corrected chi connectivity index (χ4v) is 2.87. The van der Waals surface area contributed by atoms with Crippen LogP contribution in [0.15, 0.2) is 72.8 Å². The third-order valence-corrected chi connectivity index (χ3v) is 4.26. The van der Waals surface area contributed by atoms with Crippen molar-refractivity contribution in [1.29, 1.82) is 0 Å². The summed E-state index contributed by atoms with van der Waals surface area (Å²) in [5.41, 5.74) is 2.37. The Labute approximate surface area is 152 Å². The molecule has 1 aliphatic heterocycles. The molecule has 134 valence electrons. The Morgan fingerprint density at radius 1 is 1.12 bits per heavy atom. The molecule has 1 fully saturated rings. The van der Waals surface area contributed by atoms with Crippen LogP contribution in [-0.4, -0.2) is 24.2 Å². The molecule has 1 saturated heterocycles. The Morgan fingerprint density at radius 2 is 1.73 bits per heavy atom. The van der Waals surface area contributed by atoms with Gasteiger partial charge in [-0.2, -0.15) is 0 Å². The lowest BCUT2D eigenvalue weighted by atomic mass is 9.98. The maximum absolute atomic E-state index is 12.2. The zero-order valence-corrected chi connectivity index (χ0v) is 14.4. The number of esters is 1. The van der Waals surface area contributed by atoms with Crippen LogP contribution in [0.1, 0.15) is 17.5 Å². The van der Waals surface area contributed by atoms with E-state index in [9.17, 15) is 9.59 Å². The second-order valence-corrected chi connectivity index (χ2v) is 6.25. The molecule has 0 saturated carbocycles. The third-order valence-electron chi connectivity index (χ3n) is 4.26. The van der Waals surface area contributed by atoms with Gasteiger partial charge in [-0.15, -0.1) is 0 Å². The predicted octanol–water partition coefficient (Wildman–Crippen LogP) is 3.40. The molecule has 0 aliphatic carbocycles. The van der Waals surface area contributed by atoms with Crippen LogP contribution >= 0.6 is 0 Å². The second kappa shape index (κ2) is 8.34. The van der Waals surface area contributed by atoms with Crippen molar-refractivity contribution in [3.8, 4) is 0 Å². The number of alkyl carbamates (subject to hydrolysis) is 1. The number of hydrogen-bond acceptors (Lipinski definition) is 4. The van der Waals surface area contributed by atoms with Gasteiger partial charge in [0.1, 0.15) is 12.7 Å². The summed E-state index contributed by atoms with van der Waals surface area (Å²) in [6.45, 7) is 3.89. The Bertz CT molecular complexity index is 757. The second-order valence-electron chi connectivity index (χ2n) is 6.25. The van der Waals surface area contributed by atoms with Crippen molar-refractivity contribution >= 4 is 12.1 Å². The molecule has 0 spiro atoms. The van der Waals surface area contributed by atoms with E-state index in [1.54, 1.807) is 0 Å². The molecule has 5 nitrogen and oxygen atoms in total. The normalized spacial score (nSPS) is 17.5. The fourth-order valence-electron chi connectivity index (χ4n) is 2.87. The van der Waals surface area contributed by atoms with Crippen LogP contribution in [-0.2, 0) is 27.3 Å². The molecule has 1 aliphatic rings. The van der Waals surface area contributed by atoms with E-state index in [1.165, 1.54) is 0 Å². The Balaban J connectivity index is 1.63. The number of cyclic esters (lactones) is 1. The van der Waals surface area contributed by atoms with E-state index in [0.29, 0.717) is 18.4 Å². The fraction of sp³-hybridized carbons (Fsp3) is 0.238. The summed E-state index contributed by atoms with van der Waals surface area (Å²) >= 11 is 0. The summed E-state index contributed by atoms with van der Waals surface area (Å²) in [4.78, 5) is 23.9. The van der Waals surface area contributed by atoms with Crippen LogP contribution in [0.4, 0.5) is 4.79 Å². The van der Waals surface area contributed by atoms with Crippen molar-refractivity contribution in [2.45, 2.75) is 31.6 Å². The minimum Gasteiger partial charge on any atom is -0.456 e. The van der Waals surface area contributed by atoms with Gasteiger partial charge in [0.05, 0.1) is 6.04 Å². The molecule has 26 heavy (non-hydrogen) atoms. The van der Waals surface area contributed by atoms with E-state index >= 15 is 0 Å². The summed E-state index contributed by atoms with van der Waals surface area (Å²) in [6, 6.07) is 18.8. The van der Waals surface area contributed by atoms with Gasteiger partial charge >= 0.3 is 12.1 Å². The monoisotopic (exact) mass is 351 g/mol. The number of hydrogen-bond donors (Lipinski definition) is 1. The average molecular weight is 351 g/mol. The van der Waals surface area contributed by atoms with Crippen molar-refractivity contribution < 1.29 is 19.1 Å². The first-order chi connectivity index (χ1) is 12.6. The van der Waals surface area contributed by atoms with Gasteiger partial charge in [-0.1, -0.05) is 67.2 Å². The van der Waals surface area contributed by atoms with Crippen LogP contribution in [0.2, 0.25) is 0 Å². The molecule has 2 aromatic carbocycles. The molecular weight excluding hydrogens is 330 g/mol. The number of rotatable bonds is 6. The van der Waals surface area contributed by atoms with Crippen molar-refractivity contribution in [3.63, 3.8) is 0 Å². The standard InChI is InChI=1S/C21H21NO4/c1-15-12-19(26-20(15)23)18(13-16-8-4-2-5-9-16)22-21(24)25-14-17-10-6-3-7-11-17/h2-11,18-19H,1,12-14H2,(H,22,24)/t18-,19-/m0/s1. The Morgan fingerprint density at radius 3 is 2.31 bits per heavy atom. The highest BCUT2D eigenvalue weighted by Gasteiger charge is 2.35. The van der Waals surface area contributed by atoms with Gasteiger partial charge in [-0.3, -0.25) is 0 Å². The van der Waals surface area contributed by atoms with Crippen molar-refractivity contribution in [3.05, 3.63) is 83.9 Å². The molecule has 1 N–H and O–H groups in total. The minimum absolute atomic E-state index is 0.182. The van der Waals surface area contributed by atoms with Crippen molar-refractivity contribution in [2.75, 3.05) is 0 Å². The molecule has 5 heteroatoms. The highest BCUT2D eigenvalue weighted by molar-refractivity contribution is 5.90. The highest BCUT2D eigenvalue weighted by Crippen LogP contribution is 2.23. The molecule has 2 aromatic rings. The van der Waals surface area contributed by atoms with Crippen LogP contribution in [0.3, 0.4) is 0 Å². The average Bonchev–Trinajstić information content (AvgIpc) is 3.00. The van der Waals surface area contributed by atoms with Gasteiger partial charge in [0.2, 0.25) is 0 Å². The first-order valence-corrected chi connectivity index (χ1v) is 8.51. The van der Waals surface area contributed by atoms with Crippen molar-refractivity contribution in [2.24, 2.45) is 0 Å². The van der Waals surface area contributed by atoms with E-state index in [4.69, 9.17) is 9.47 Å². The molecular formula is C21H21NO4. The summed E-state index contributed by atoms with van der Waals surface area (Å²) in [6.07, 6.45) is -0.0511. The molecule has 0 aromatic heterocycles. The molecule has 1 heterocycles. The van der Waals surface area contributed by atoms with Gasteiger partial charge in [0, 0.05) is 12.0 Å². The number of amides is 1. The number of benzene rings is 2. The van der Waals surface area contributed by atoms with E-state index in [1.807, 2.05) is 60.7 Å². The zero-order valence-electron chi connectivity index (χ0n) is 14.4. The lowest BCUT2D eigenvalue weighted by molar-refractivity contribution is -0.139. The highest BCUT2D eigenvalue weighted by atomic mass is 16.6. The minimum atomic E-state index is -0.539. The number of ether oxygens (including phenoxy) is 2. The van der Waals surface area contributed by atoms with Gasteiger partial charge in [-0.05, 0) is 17.5 Å². The lowest BCUT2D eigenvalue weighted by Crippen LogP contribution is -2.45. The lowest BCUT2D eigenvalue weighted by Gasteiger charge is -2.23. The largest absolute Gasteiger partial charge is 0.456 e. The van der Waals surface area contributed by atoms with Crippen LogP contribution in [0, 0.1) is 0 Å². The first-order valence-electron chi connectivity index (χ1n) is 8.51. The molecule has 2 atom stereocenters. The SMILES string of the molecule is C=C1C[C@@H]([C@H](Cc2ccccc2)NC(=O)OCc2ccccc2)OC1=O. The summed E-state index contributed by atoms with van der Waals surface area (Å²) < 4.78 is 10.7. The Kier molecular flexibility index (Phi) is 5.69. The van der Waals surface area contributed by atoms with Gasteiger partial charge in [0.25, 0.3) is 0 Å². The topological polar surface area (TPSA) is 64.6 Å². The first kappa shape index (κ1) is 17.7. The number of carbonyl (C=O) groups excluding carboxylic acids is 2. The van der Waals surface area contributed by atoms with E-state index in [2.05, 4.69) is 11.9 Å². The van der Waals surface area contributed by atoms with Crippen LogP contribution < -0.4 is 5.32 Å². The smallest absolute Gasteiger partial charge is 0.407 e. The summed E-state index contributed by atoms with van der Waals surface area (Å²) in [7, 11) is 0. The molecule has 1 amide bonds. The van der Waals surface area contributed by atoms with Gasteiger partial charge in [-0.25, -0.2) is 9.59 Å². The van der Waals surface area contributed by atoms with Gasteiger partial charge in [0.15, 0.2) is 0 Å². The van der Waals surface area contributed by atoms with E-state index in [-0.39, 0.29) is 12.6 Å². The predicted molar refractivity (Wildman–Crippen MR) is 97.3 cm³/mol. The molecule has 0 unspecified atom stereocenters. The molecule has 0 bridgehead atoms. The third kappa shape index (κ3) is 4.72. The van der Waals surface area contributed by atoms with Crippen LogP contribution in [0.25, 0.3) is 0 Å². The molecule has 3 rings (SSSR count). The Hall–Kier alpha value is -3.08. The van der Waals surface area contributed by atoms with Crippen LogP contribution in [0.5, 0.6) is 0 Å². The zero-order chi connectivity index (χ0) is 18.4. The molecule has 0 radical (unpaired) electrons. The maximum Gasteiger partial charge on any atom is 0.407 e. The number of nitrogens with one attached hydrogen (secondary N) is 1.